The average Bonchev–Trinajstić information content (AvgIpc) is 0.761. The summed E-state index contributed by atoms with van der Waals surface area (Å²) in [5, 5.41) is 8.88. The fourth-order valence-corrected chi connectivity index (χ4v) is 13.6. The predicted octanol–water partition coefficient (Wildman–Crippen LogP) is 23.2. The Kier molecular flexibility index (Phi) is 17.6. The van der Waals surface area contributed by atoms with Gasteiger partial charge in [-0.05, 0) is 147 Å². The highest BCUT2D eigenvalue weighted by atomic mass is 16.5. The van der Waals surface area contributed by atoms with E-state index < -0.39 is 0 Å². The molecule has 15 aromatic carbocycles. The van der Waals surface area contributed by atoms with Crippen LogP contribution in [0.2, 0.25) is 0 Å². The summed E-state index contributed by atoms with van der Waals surface area (Å²) in [5.41, 5.74) is 16.2. The van der Waals surface area contributed by atoms with E-state index >= 15 is 0 Å². The fraction of sp³-hybridized carbons (Fsp3) is 0.0851. The van der Waals surface area contributed by atoms with Gasteiger partial charge in [0.05, 0.1) is 0 Å². The van der Waals surface area contributed by atoms with Gasteiger partial charge < -0.3 is 37.9 Å². The van der Waals surface area contributed by atoms with Crippen LogP contribution in [0.4, 0.5) is 0 Å². The third-order valence-electron chi connectivity index (χ3n) is 19.1. The van der Waals surface area contributed by atoms with Crippen LogP contribution in [-0.4, -0.2) is 0 Å². The van der Waals surface area contributed by atoms with Gasteiger partial charge in [-0.3, -0.25) is 0 Å². The highest BCUT2D eigenvalue weighted by Gasteiger charge is 2.23. The molecule has 0 N–H and O–H groups in total. The van der Waals surface area contributed by atoms with Crippen LogP contribution in [0.1, 0.15) is 66.8 Å². The second-order valence-corrected chi connectivity index (χ2v) is 25.9. The maximum atomic E-state index is 6.84. The molecule has 0 unspecified atom stereocenters. The summed E-state index contributed by atoms with van der Waals surface area (Å²) in [6.45, 7) is 2.98. The van der Waals surface area contributed by atoms with Crippen LogP contribution < -0.4 is 37.9 Å². The Bertz CT molecular complexity index is 5270. The minimum Gasteiger partial charge on any atom is -0.489 e. The molecular formula is C94H70O8. The van der Waals surface area contributed by atoms with Gasteiger partial charge in [-0.15, -0.1) is 0 Å². The van der Waals surface area contributed by atoms with Crippen LogP contribution in [0.3, 0.4) is 0 Å². The SMILES string of the molecule is C(=C/c1ccc2cc1OCc1ccc(cc1)COc1ccc3ccccc3c1-c1c(ccc3ccccc13)OCc1ccc(cc1)CO2)/c1ccc(/C=C\c2ccc3cc2OCc2ccc(cc2)COc2ccc4ccccc4c2-c2c(ccc4ccccc24)OCc2ccc(cc2)CO3)cc1. The molecule has 8 heterocycles. The van der Waals surface area contributed by atoms with E-state index in [-0.39, 0.29) is 0 Å². The van der Waals surface area contributed by atoms with E-state index in [2.05, 4.69) is 303 Å². The second kappa shape index (κ2) is 28.6. The van der Waals surface area contributed by atoms with Crippen molar-refractivity contribution in [1.82, 2.24) is 0 Å². The highest BCUT2D eigenvalue weighted by molar-refractivity contribution is 6.11. The van der Waals surface area contributed by atoms with E-state index in [0.29, 0.717) is 75.9 Å². The van der Waals surface area contributed by atoms with Crippen molar-refractivity contribution in [3.05, 3.63) is 370 Å². The van der Waals surface area contributed by atoms with Crippen molar-refractivity contribution >= 4 is 67.4 Å². The van der Waals surface area contributed by atoms with Gasteiger partial charge in [-0.2, -0.15) is 0 Å². The zero-order chi connectivity index (χ0) is 68.0. The van der Waals surface area contributed by atoms with Crippen molar-refractivity contribution < 1.29 is 37.9 Å². The summed E-state index contributed by atoms with van der Waals surface area (Å²) in [7, 11) is 0. The van der Waals surface area contributed by atoms with Crippen molar-refractivity contribution in [1.29, 1.82) is 0 Å². The molecule has 0 amide bonds. The molecule has 0 spiro atoms. The number of hydrogen-bond donors (Lipinski definition) is 0. The first-order valence-corrected chi connectivity index (χ1v) is 34.6. The van der Waals surface area contributed by atoms with Gasteiger partial charge in [0.1, 0.15) is 98.9 Å². The minimum absolute atomic E-state index is 0.353. The van der Waals surface area contributed by atoms with Gasteiger partial charge in [0.15, 0.2) is 0 Å². The third kappa shape index (κ3) is 13.7. The van der Waals surface area contributed by atoms with Gasteiger partial charge >= 0.3 is 0 Å². The first-order valence-electron chi connectivity index (χ1n) is 34.6. The van der Waals surface area contributed by atoms with Crippen molar-refractivity contribution in [2.45, 2.75) is 52.9 Å². The lowest BCUT2D eigenvalue weighted by atomic mass is 9.92. The number of ether oxygens (including phenoxy) is 8. The molecular weight excluding hydrogens is 1260 g/mol. The lowest BCUT2D eigenvalue weighted by molar-refractivity contribution is 0.289. The Morgan fingerprint density at radius 1 is 0.186 bits per heavy atom. The normalized spacial score (nSPS) is 13.3. The van der Waals surface area contributed by atoms with Crippen molar-refractivity contribution in [2.75, 3.05) is 0 Å². The van der Waals surface area contributed by atoms with Crippen LogP contribution in [0, 0.1) is 0 Å². The molecule has 0 radical (unpaired) electrons. The Morgan fingerprint density at radius 2 is 0.422 bits per heavy atom. The van der Waals surface area contributed by atoms with Crippen molar-refractivity contribution in [3.63, 3.8) is 0 Å². The minimum atomic E-state index is 0.353. The molecule has 8 nitrogen and oxygen atoms in total. The van der Waals surface area contributed by atoms with Crippen LogP contribution in [0.15, 0.2) is 303 Å². The molecule has 8 aliphatic rings. The van der Waals surface area contributed by atoms with Crippen LogP contribution in [-0.2, 0) is 52.9 Å². The third-order valence-corrected chi connectivity index (χ3v) is 19.1. The van der Waals surface area contributed by atoms with Crippen molar-refractivity contribution in [3.8, 4) is 68.2 Å². The summed E-state index contributed by atoms with van der Waals surface area (Å²) in [5.74, 6) is 5.99. The zero-order valence-electron chi connectivity index (χ0n) is 56.1. The lowest BCUT2D eigenvalue weighted by Gasteiger charge is -2.20. The average molecular weight is 1330 g/mol. The van der Waals surface area contributed by atoms with E-state index in [1.165, 1.54) is 0 Å². The van der Waals surface area contributed by atoms with Gasteiger partial charge in [0, 0.05) is 45.5 Å². The molecule has 494 valence electrons. The van der Waals surface area contributed by atoms with Gasteiger partial charge in [-0.1, -0.05) is 267 Å². The largest absolute Gasteiger partial charge is 0.489 e. The van der Waals surface area contributed by atoms with E-state index in [9.17, 15) is 0 Å². The van der Waals surface area contributed by atoms with E-state index in [1.54, 1.807) is 0 Å². The number of rotatable bonds is 4. The molecule has 0 aliphatic carbocycles. The maximum Gasteiger partial charge on any atom is 0.130 e. The molecule has 12 bridgehead atoms. The van der Waals surface area contributed by atoms with E-state index in [4.69, 9.17) is 37.9 Å². The molecule has 23 rings (SSSR count). The first-order chi connectivity index (χ1) is 50.5. The molecule has 0 fully saturated rings. The van der Waals surface area contributed by atoms with Gasteiger partial charge in [0.2, 0.25) is 0 Å². The highest BCUT2D eigenvalue weighted by Crippen LogP contribution is 2.48. The Morgan fingerprint density at radius 3 is 0.686 bits per heavy atom. The molecule has 15 aromatic rings. The van der Waals surface area contributed by atoms with Crippen molar-refractivity contribution in [2.24, 2.45) is 0 Å². The molecule has 0 atom stereocenters. The zero-order valence-corrected chi connectivity index (χ0v) is 56.1. The molecule has 8 aliphatic heterocycles. The van der Waals surface area contributed by atoms with Crippen LogP contribution in [0.25, 0.3) is 89.6 Å². The van der Waals surface area contributed by atoms with Crippen LogP contribution >= 0.6 is 0 Å². The Hall–Kier alpha value is -12.8. The topological polar surface area (TPSA) is 73.8 Å². The van der Waals surface area contributed by atoms with Crippen LogP contribution in [0.5, 0.6) is 46.0 Å². The molecule has 0 aromatic heterocycles. The summed E-state index contributed by atoms with van der Waals surface area (Å²) in [6.07, 6.45) is 8.42. The Labute approximate surface area is 593 Å². The second-order valence-electron chi connectivity index (χ2n) is 25.9. The summed E-state index contributed by atoms with van der Waals surface area (Å²) in [4.78, 5) is 0. The molecule has 0 saturated heterocycles. The molecule has 8 heteroatoms. The van der Waals surface area contributed by atoms with Gasteiger partial charge in [0.25, 0.3) is 0 Å². The fourth-order valence-electron chi connectivity index (χ4n) is 13.6. The lowest BCUT2D eigenvalue weighted by Crippen LogP contribution is -2.01. The van der Waals surface area contributed by atoms with Gasteiger partial charge in [-0.25, -0.2) is 0 Å². The number of fused-ring (bicyclic) bond motifs is 4. The first kappa shape index (κ1) is 62.7. The summed E-state index contributed by atoms with van der Waals surface area (Å²) >= 11 is 0. The summed E-state index contributed by atoms with van der Waals surface area (Å²) < 4.78 is 53.6. The monoisotopic (exact) mass is 1330 g/mol. The smallest absolute Gasteiger partial charge is 0.130 e. The van der Waals surface area contributed by atoms with E-state index in [0.717, 1.165) is 155 Å². The number of benzene rings is 15. The van der Waals surface area contributed by atoms with E-state index in [1.807, 2.05) is 24.3 Å². The standard InChI is InChI=1S/C94H70O8/c1-5-13-81-73(9-1)43-49-85-91(81)93-83-15-7-3-11-75(83)45-51-87(93)99-59-69-29-33-71(34-30-69)61-101-89-53-79(95-55-65-21-25-67(26-22-65)57-97-85)47-41-77(89)39-37-63-17-19-64(20-18-63)38-40-78-42-48-80-54-90(78)102-62-72-35-31-70(32-36-72)60-100-88-52-46-76-12-4-8-16-84(76)94(88)92-82-14-6-2-10-74(82)44-50-86(92)98-58-68-27-23-66(24-28-68)56-96-80/h1-54H,55-62H2/b39-37-,40-38-. The quantitative estimate of drug-likeness (QED) is 0.161. The maximum absolute atomic E-state index is 6.84. The summed E-state index contributed by atoms with van der Waals surface area (Å²) in [6, 6.07) is 105. The molecule has 0 saturated carbocycles. The molecule has 102 heavy (non-hydrogen) atoms. The number of hydrogen-bond acceptors (Lipinski definition) is 8. The predicted molar refractivity (Wildman–Crippen MR) is 411 cm³/mol. The Balaban J connectivity index is 0.605.